The molecule has 4 rings (SSSR count). The smallest absolute Gasteiger partial charge is 0.254 e. The third-order valence-corrected chi connectivity index (χ3v) is 6.56. The number of aliphatic hydroxyl groups excluding tert-OH is 1. The lowest BCUT2D eigenvalue weighted by atomic mass is 9.74. The molecule has 3 atom stereocenters. The monoisotopic (exact) mass is 422 g/mol. The maximum Gasteiger partial charge on any atom is 0.254 e. The summed E-state index contributed by atoms with van der Waals surface area (Å²) in [6, 6.07) is 9.84. The molecule has 1 aromatic carbocycles. The highest BCUT2D eigenvalue weighted by Crippen LogP contribution is 2.39. The molecule has 2 aliphatic rings. The van der Waals surface area contributed by atoms with Gasteiger partial charge in [0.1, 0.15) is 5.82 Å². The fourth-order valence-corrected chi connectivity index (χ4v) is 4.52. The van der Waals surface area contributed by atoms with E-state index in [1.165, 1.54) is 6.92 Å². The number of nitrogens with one attached hydrogen (secondary N) is 2. The van der Waals surface area contributed by atoms with Crippen LogP contribution >= 0.6 is 0 Å². The van der Waals surface area contributed by atoms with Crippen LogP contribution in [0.3, 0.4) is 0 Å². The number of amides is 2. The molecule has 0 aliphatic heterocycles. The Hall–Kier alpha value is -2.80. The molecule has 2 saturated carbocycles. The largest absolute Gasteiger partial charge is 0.391 e. The van der Waals surface area contributed by atoms with Gasteiger partial charge in [-0.25, -0.2) is 9.97 Å². The molecule has 0 unspecified atom stereocenters. The van der Waals surface area contributed by atoms with Crippen LogP contribution < -0.4 is 10.6 Å². The number of hydrogen-bond acceptors (Lipinski definition) is 5. The second kappa shape index (κ2) is 9.14. The van der Waals surface area contributed by atoms with Crippen LogP contribution in [-0.2, 0) is 10.2 Å². The summed E-state index contributed by atoms with van der Waals surface area (Å²) in [4.78, 5) is 33.1. The first-order valence-corrected chi connectivity index (χ1v) is 11.1. The average Bonchev–Trinajstić information content (AvgIpc) is 3.64. The summed E-state index contributed by atoms with van der Waals surface area (Å²) in [6.07, 6.45) is 7.51. The lowest BCUT2D eigenvalue weighted by molar-refractivity contribution is -0.120. The van der Waals surface area contributed by atoms with Gasteiger partial charge in [-0.3, -0.25) is 9.59 Å². The Morgan fingerprint density at radius 3 is 2.39 bits per heavy atom. The van der Waals surface area contributed by atoms with Gasteiger partial charge in [-0.1, -0.05) is 30.3 Å². The maximum absolute atomic E-state index is 12.8. The Bertz CT molecular complexity index is 914. The van der Waals surface area contributed by atoms with Crippen LogP contribution in [-0.4, -0.2) is 45.6 Å². The molecular weight excluding hydrogens is 392 g/mol. The number of benzene rings is 1. The number of aliphatic hydroxyl groups is 1. The van der Waals surface area contributed by atoms with Gasteiger partial charge in [0.2, 0.25) is 5.91 Å². The van der Waals surface area contributed by atoms with Crippen LogP contribution in [0.1, 0.15) is 73.1 Å². The topological polar surface area (TPSA) is 104 Å². The van der Waals surface area contributed by atoms with Crippen molar-refractivity contribution in [2.24, 2.45) is 0 Å². The van der Waals surface area contributed by atoms with Crippen LogP contribution in [0.15, 0.2) is 42.7 Å². The minimum atomic E-state index is -0.603. The lowest BCUT2D eigenvalue weighted by Crippen LogP contribution is -2.42. The summed E-state index contributed by atoms with van der Waals surface area (Å²) in [7, 11) is 0. The molecule has 0 radical (unpaired) electrons. The van der Waals surface area contributed by atoms with Gasteiger partial charge >= 0.3 is 0 Å². The minimum absolute atomic E-state index is 0.140. The number of carbonyl (C=O) groups excluding carboxylic acids is 2. The van der Waals surface area contributed by atoms with Gasteiger partial charge in [0.15, 0.2) is 0 Å². The van der Waals surface area contributed by atoms with E-state index in [0.29, 0.717) is 37.3 Å². The van der Waals surface area contributed by atoms with Crippen molar-refractivity contribution in [1.82, 2.24) is 20.6 Å². The summed E-state index contributed by atoms with van der Waals surface area (Å²) >= 11 is 0. The molecule has 1 heterocycles. The van der Waals surface area contributed by atoms with E-state index >= 15 is 0 Å². The molecule has 2 fully saturated rings. The first-order chi connectivity index (χ1) is 15.0. The van der Waals surface area contributed by atoms with Crippen molar-refractivity contribution >= 4 is 11.8 Å². The van der Waals surface area contributed by atoms with Crippen molar-refractivity contribution in [2.75, 3.05) is 6.54 Å². The van der Waals surface area contributed by atoms with Gasteiger partial charge in [-0.05, 0) is 44.1 Å². The molecule has 0 spiro atoms. The predicted molar refractivity (Wildman–Crippen MR) is 117 cm³/mol. The molecule has 2 aromatic rings. The Kier molecular flexibility index (Phi) is 6.32. The van der Waals surface area contributed by atoms with E-state index in [0.717, 1.165) is 30.7 Å². The van der Waals surface area contributed by atoms with Gasteiger partial charge in [-0.2, -0.15) is 0 Å². The number of aromatic nitrogens is 2. The zero-order valence-corrected chi connectivity index (χ0v) is 17.9. The second-order valence-corrected chi connectivity index (χ2v) is 8.88. The van der Waals surface area contributed by atoms with Crippen molar-refractivity contribution in [3.63, 3.8) is 0 Å². The van der Waals surface area contributed by atoms with Crippen LogP contribution in [0.5, 0.6) is 0 Å². The fourth-order valence-electron chi connectivity index (χ4n) is 4.52. The molecular formula is C24H30N4O3. The highest BCUT2D eigenvalue weighted by Gasteiger charge is 2.38. The van der Waals surface area contributed by atoms with Crippen LogP contribution in [0.2, 0.25) is 0 Å². The van der Waals surface area contributed by atoms with Crippen LogP contribution in [0, 0.1) is 0 Å². The highest BCUT2D eigenvalue weighted by atomic mass is 16.3. The summed E-state index contributed by atoms with van der Waals surface area (Å²) in [5, 5.41) is 16.6. The average molecular weight is 423 g/mol. The minimum Gasteiger partial charge on any atom is -0.391 e. The molecule has 7 nitrogen and oxygen atoms in total. The molecule has 3 N–H and O–H groups in total. The van der Waals surface area contributed by atoms with Gasteiger partial charge in [0.25, 0.3) is 5.91 Å². The normalized spacial score (nSPS) is 26.0. The zero-order valence-electron chi connectivity index (χ0n) is 17.9. The number of nitrogens with zero attached hydrogens (tertiary/aromatic N) is 2. The molecule has 2 amide bonds. The summed E-state index contributed by atoms with van der Waals surface area (Å²) < 4.78 is 0. The molecule has 0 bridgehead atoms. The SMILES string of the molecule is CC(=O)N[C@H]1CC[C@](CNC(=O)c2cnc(C3CC3)nc2)(c2ccccc2)CC[C@@H]1O. The van der Waals surface area contributed by atoms with E-state index in [-0.39, 0.29) is 23.3 Å². The predicted octanol–water partition coefficient (Wildman–Crippen LogP) is 2.46. The lowest BCUT2D eigenvalue weighted by Gasteiger charge is -2.34. The number of carbonyl (C=O) groups is 2. The zero-order chi connectivity index (χ0) is 21.8. The Morgan fingerprint density at radius 1 is 1.06 bits per heavy atom. The van der Waals surface area contributed by atoms with Gasteiger partial charge < -0.3 is 15.7 Å². The molecule has 0 saturated heterocycles. The van der Waals surface area contributed by atoms with Crippen molar-refractivity contribution in [3.8, 4) is 0 Å². The van der Waals surface area contributed by atoms with Crippen molar-refractivity contribution in [1.29, 1.82) is 0 Å². The van der Waals surface area contributed by atoms with Crippen LogP contribution in [0.4, 0.5) is 0 Å². The first kappa shape index (κ1) is 21.4. The third kappa shape index (κ3) is 5.10. The number of rotatable bonds is 6. The van der Waals surface area contributed by atoms with Crippen molar-refractivity contribution in [2.45, 2.75) is 68.9 Å². The summed E-state index contributed by atoms with van der Waals surface area (Å²) in [5.41, 5.74) is 1.27. The van der Waals surface area contributed by atoms with Gasteiger partial charge in [-0.15, -0.1) is 0 Å². The summed E-state index contributed by atoms with van der Waals surface area (Å²) in [6.45, 7) is 1.92. The van der Waals surface area contributed by atoms with Crippen LogP contribution in [0.25, 0.3) is 0 Å². The Labute approximate surface area is 182 Å². The quantitative estimate of drug-likeness (QED) is 0.621. The molecule has 2 aliphatic carbocycles. The Balaban J connectivity index is 1.50. The standard InChI is InChI=1S/C24H30N4O3/c1-16(29)28-20-9-11-24(12-10-21(20)30,19-5-3-2-4-6-19)15-27-23(31)18-13-25-22(26-14-18)17-7-8-17/h2-6,13-14,17,20-21,30H,7-12,15H2,1H3,(H,27,31)(H,28,29)/t20-,21-,24-/m0/s1. The molecule has 1 aromatic heterocycles. The Morgan fingerprint density at radius 2 is 1.74 bits per heavy atom. The van der Waals surface area contributed by atoms with E-state index in [1.807, 2.05) is 18.2 Å². The van der Waals surface area contributed by atoms with E-state index in [1.54, 1.807) is 12.4 Å². The van der Waals surface area contributed by atoms with Gasteiger partial charge in [0.05, 0.1) is 17.7 Å². The maximum atomic E-state index is 12.8. The second-order valence-electron chi connectivity index (χ2n) is 8.88. The molecule has 164 valence electrons. The van der Waals surface area contributed by atoms with E-state index in [2.05, 4.69) is 32.7 Å². The fraction of sp³-hybridized carbons (Fsp3) is 0.500. The van der Waals surface area contributed by atoms with E-state index < -0.39 is 6.10 Å². The molecule has 7 heteroatoms. The van der Waals surface area contributed by atoms with Crippen molar-refractivity contribution in [3.05, 3.63) is 59.7 Å². The molecule has 31 heavy (non-hydrogen) atoms. The van der Waals surface area contributed by atoms with Gasteiger partial charge in [0, 0.05) is 37.2 Å². The number of hydrogen-bond donors (Lipinski definition) is 3. The summed E-state index contributed by atoms with van der Waals surface area (Å²) in [5.74, 6) is 0.937. The first-order valence-electron chi connectivity index (χ1n) is 11.1. The third-order valence-electron chi connectivity index (χ3n) is 6.56. The highest BCUT2D eigenvalue weighted by molar-refractivity contribution is 5.93. The van der Waals surface area contributed by atoms with E-state index in [4.69, 9.17) is 0 Å². The van der Waals surface area contributed by atoms with E-state index in [9.17, 15) is 14.7 Å². The van der Waals surface area contributed by atoms with Crippen molar-refractivity contribution < 1.29 is 14.7 Å².